The molecule has 7 nitrogen and oxygen atoms in total. The Morgan fingerprint density at radius 3 is 2.69 bits per heavy atom. The van der Waals surface area contributed by atoms with Gasteiger partial charge in [-0.25, -0.2) is 4.79 Å². The highest BCUT2D eigenvalue weighted by atomic mass is 16.5. The lowest BCUT2D eigenvalue weighted by molar-refractivity contribution is -0.144. The zero-order chi connectivity index (χ0) is 18.9. The van der Waals surface area contributed by atoms with Gasteiger partial charge in [-0.1, -0.05) is 0 Å². The second kappa shape index (κ2) is 9.31. The molecule has 138 valence electrons. The Morgan fingerprint density at radius 1 is 1.23 bits per heavy atom. The van der Waals surface area contributed by atoms with Crippen molar-refractivity contribution in [2.45, 2.75) is 13.0 Å². The molecule has 0 radical (unpaired) electrons. The van der Waals surface area contributed by atoms with Gasteiger partial charge in [0.1, 0.15) is 17.3 Å². The summed E-state index contributed by atoms with van der Waals surface area (Å²) in [7, 11) is 3.08. The number of rotatable bonds is 8. The standard InChI is InChI=1S/C19H21NO6/c1-13(16-5-4-10-25-16)20-18(21)12-26-19(22)9-6-14-11-15(23-2)7-8-17(14)24-3/h4-11,13H,12H2,1-3H3,(H,20,21)/b9-6+/t13-/m0/s1. The van der Waals surface area contributed by atoms with Crippen LogP contribution >= 0.6 is 0 Å². The minimum atomic E-state index is -0.643. The summed E-state index contributed by atoms with van der Waals surface area (Å²) in [5.74, 6) is 0.768. The first-order valence-corrected chi connectivity index (χ1v) is 7.93. The zero-order valence-electron chi connectivity index (χ0n) is 14.9. The summed E-state index contributed by atoms with van der Waals surface area (Å²) in [5.41, 5.74) is 0.652. The molecule has 1 heterocycles. The van der Waals surface area contributed by atoms with Gasteiger partial charge in [0.15, 0.2) is 6.61 Å². The summed E-state index contributed by atoms with van der Waals surface area (Å²) in [6.45, 7) is 1.39. The Bertz CT molecular complexity index is 766. The lowest BCUT2D eigenvalue weighted by atomic mass is 10.1. The van der Waals surface area contributed by atoms with Crippen molar-refractivity contribution in [2.75, 3.05) is 20.8 Å². The van der Waals surface area contributed by atoms with Gasteiger partial charge in [0.2, 0.25) is 0 Å². The first-order chi connectivity index (χ1) is 12.5. The number of carbonyl (C=O) groups excluding carboxylic acids is 2. The molecule has 1 aromatic carbocycles. The third-order valence-electron chi connectivity index (χ3n) is 3.53. The van der Waals surface area contributed by atoms with E-state index in [1.54, 1.807) is 44.4 Å². The van der Waals surface area contributed by atoms with Crippen LogP contribution in [0.1, 0.15) is 24.3 Å². The molecule has 0 saturated carbocycles. The van der Waals surface area contributed by atoms with Gasteiger partial charge in [-0.05, 0) is 43.3 Å². The van der Waals surface area contributed by atoms with E-state index in [0.717, 1.165) is 0 Å². The topological polar surface area (TPSA) is 87.0 Å². The second-order valence-corrected chi connectivity index (χ2v) is 5.35. The van der Waals surface area contributed by atoms with E-state index in [2.05, 4.69) is 5.32 Å². The van der Waals surface area contributed by atoms with E-state index in [1.807, 2.05) is 0 Å². The average Bonchev–Trinajstić information content (AvgIpc) is 3.19. The number of furan rings is 1. The molecule has 1 atom stereocenters. The van der Waals surface area contributed by atoms with Gasteiger partial charge in [-0.15, -0.1) is 0 Å². The van der Waals surface area contributed by atoms with Crippen molar-refractivity contribution in [3.05, 3.63) is 54.0 Å². The van der Waals surface area contributed by atoms with E-state index in [1.165, 1.54) is 25.5 Å². The highest BCUT2D eigenvalue weighted by Gasteiger charge is 2.13. The van der Waals surface area contributed by atoms with Crippen LogP contribution in [0.15, 0.2) is 47.1 Å². The predicted octanol–water partition coefficient (Wildman–Crippen LogP) is 2.73. The summed E-state index contributed by atoms with van der Waals surface area (Å²) in [5, 5.41) is 2.67. The molecular formula is C19H21NO6. The predicted molar refractivity (Wildman–Crippen MR) is 94.8 cm³/mol. The van der Waals surface area contributed by atoms with Gasteiger partial charge < -0.3 is 23.9 Å². The minimum Gasteiger partial charge on any atom is -0.497 e. The molecule has 1 N–H and O–H groups in total. The largest absolute Gasteiger partial charge is 0.497 e. The monoisotopic (exact) mass is 359 g/mol. The maximum atomic E-state index is 11.8. The number of esters is 1. The Kier molecular flexibility index (Phi) is 6.84. The molecule has 7 heteroatoms. The van der Waals surface area contributed by atoms with Crippen LogP contribution in [0.3, 0.4) is 0 Å². The van der Waals surface area contributed by atoms with Gasteiger partial charge in [-0.3, -0.25) is 4.79 Å². The molecule has 0 aliphatic carbocycles. The van der Waals surface area contributed by atoms with E-state index < -0.39 is 11.9 Å². The summed E-state index contributed by atoms with van der Waals surface area (Å²) in [6, 6.07) is 8.37. The molecule has 2 aromatic rings. The molecule has 0 spiro atoms. The molecule has 0 saturated heterocycles. The maximum absolute atomic E-state index is 11.8. The number of carbonyl (C=O) groups is 2. The third-order valence-corrected chi connectivity index (χ3v) is 3.53. The third kappa shape index (κ3) is 5.41. The van der Waals surface area contributed by atoms with Crippen LogP contribution in [0.5, 0.6) is 11.5 Å². The van der Waals surface area contributed by atoms with E-state index in [9.17, 15) is 9.59 Å². The zero-order valence-corrected chi connectivity index (χ0v) is 14.9. The van der Waals surface area contributed by atoms with Crippen molar-refractivity contribution < 1.29 is 28.2 Å². The fourth-order valence-corrected chi connectivity index (χ4v) is 2.20. The van der Waals surface area contributed by atoms with Gasteiger partial charge in [0, 0.05) is 11.6 Å². The van der Waals surface area contributed by atoms with Crippen LogP contribution in [0.2, 0.25) is 0 Å². The molecule has 0 aliphatic heterocycles. The Hall–Kier alpha value is -3.22. The van der Waals surface area contributed by atoms with Crippen molar-refractivity contribution in [3.8, 4) is 11.5 Å². The van der Waals surface area contributed by atoms with E-state index >= 15 is 0 Å². The number of hydrogen-bond donors (Lipinski definition) is 1. The Labute approximate surface area is 151 Å². The fourth-order valence-electron chi connectivity index (χ4n) is 2.20. The molecule has 26 heavy (non-hydrogen) atoms. The number of ether oxygens (including phenoxy) is 3. The molecule has 1 amide bonds. The Morgan fingerprint density at radius 2 is 2.04 bits per heavy atom. The van der Waals surface area contributed by atoms with Crippen LogP contribution < -0.4 is 14.8 Å². The van der Waals surface area contributed by atoms with Crippen LogP contribution in [-0.2, 0) is 14.3 Å². The number of nitrogens with one attached hydrogen (secondary N) is 1. The Balaban J connectivity index is 1.86. The summed E-state index contributed by atoms with van der Waals surface area (Å²) >= 11 is 0. The quantitative estimate of drug-likeness (QED) is 0.576. The second-order valence-electron chi connectivity index (χ2n) is 5.35. The normalized spacial score (nSPS) is 11.8. The van der Waals surface area contributed by atoms with Crippen LogP contribution in [-0.4, -0.2) is 32.7 Å². The van der Waals surface area contributed by atoms with E-state index in [0.29, 0.717) is 22.8 Å². The van der Waals surface area contributed by atoms with Gasteiger partial charge in [-0.2, -0.15) is 0 Å². The molecule has 1 aromatic heterocycles. The molecule has 0 aliphatic rings. The smallest absolute Gasteiger partial charge is 0.331 e. The fraction of sp³-hybridized carbons (Fsp3) is 0.263. The maximum Gasteiger partial charge on any atom is 0.331 e. The number of methoxy groups -OCH3 is 2. The number of amides is 1. The SMILES string of the molecule is COc1ccc(OC)c(/C=C/C(=O)OCC(=O)N[C@@H](C)c2ccco2)c1. The molecule has 0 fully saturated rings. The lowest BCUT2D eigenvalue weighted by Crippen LogP contribution is -2.30. The first-order valence-electron chi connectivity index (χ1n) is 7.93. The lowest BCUT2D eigenvalue weighted by Gasteiger charge is -2.11. The average molecular weight is 359 g/mol. The van der Waals surface area contributed by atoms with Crippen molar-refractivity contribution in [2.24, 2.45) is 0 Å². The van der Waals surface area contributed by atoms with Crippen molar-refractivity contribution in [3.63, 3.8) is 0 Å². The summed E-state index contributed by atoms with van der Waals surface area (Å²) in [6.07, 6.45) is 4.28. The highest BCUT2D eigenvalue weighted by molar-refractivity contribution is 5.89. The summed E-state index contributed by atoms with van der Waals surface area (Å²) < 4.78 is 20.5. The van der Waals surface area contributed by atoms with Crippen LogP contribution in [0.4, 0.5) is 0 Å². The van der Waals surface area contributed by atoms with Gasteiger partial charge in [0.05, 0.1) is 26.5 Å². The minimum absolute atomic E-state index is 0.312. The molecule has 0 unspecified atom stereocenters. The van der Waals surface area contributed by atoms with Crippen molar-refractivity contribution in [1.82, 2.24) is 5.32 Å². The van der Waals surface area contributed by atoms with Crippen molar-refractivity contribution >= 4 is 18.0 Å². The highest BCUT2D eigenvalue weighted by Crippen LogP contribution is 2.25. The van der Waals surface area contributed by atoms with E-state index in [4.69, 9.17) is 18.6 Å². The summed E-state index contributed by atoms with van der Waals surface area (Å²) in [4.78, 5) is 23.6. The van der Waals surface area contributed by atoms with Gasteiger partial charge in [0.25, 0.3) is 5.91 Å². The number of benzene rings is 1. The molecule has 0 bridgehead atoms. The molecular weight excluding hydrogens is 338 g/mol. The number of hydrogen-bond acceptors (Lipinski definition) is 6. The van der Waals surface area contributed by atoms with Gasteiger partial charge >= 0.3 is 5.97 Å². The van der Waals surface area contributed by atoms with E-state index in [-0.39, 0.29) is 12.6 Å². The van der Waals surface area contributed by atoms with Crippen LogP contribution in [0, 0.1) is 0 Å². The first kappa shape index (κ1) is 19.1. The van der Waals surface area contributed by atoms with Crippen LogP contribution in [0.25, 0.3) is 6.08 Å². The molecule has 2 rings (SSSR count). The van der Waals surface area contributed by atoms with Crippen molar-refractivity contribution in [1.29, 1.82) is 0 Å².